The van der Waals surface area contributed by atoms with Crippen molar-refractivity contribution in [2.45, 2.75) is 84.2 Å². The molecule has 2 unspecified atom stereocenters. The lowest BCUT2D eigenvalue weighted by atomic mass is 9.90. The van der Waals surface area contributed by atoms with E-state index in [0.717, 1.165) is 25.7 Å². The predicted molar refractivity (Wildman–Crippen MR) is 152 cm³/mol. The molecule has 1 saturated heterocycles. The third kappa shape index (κ3) is 7.25. The van der Waals surface area contributed by atoms with Crippen molar-refractivity contribution in [2.75, 3.05) is 13.2 Å². The first-order chi connectivity index (χ1) is 19.4. The molecular weight excluding hydrogens is 516 g/mol. The van der Waals surface area contributed by atoms with E-state index >= 15 is 8.78 Å². The van der Waals surface area contributed by atoms with Gasteiger partial charge in [0.1, 0.15) is 0 Å². The quantitative estimate of drug-likeness (QED) is 0.154. The van der Waals surface area contributed by atoms with Crippen LogP contribution in [0.4, 0.5) is 17.6 Å². The summed E-state index contributed by atoms with van der Waals surface area (Å²) in [6.45, 7) is 5.08. The van der Waals surface area contributed by atoms with Gasteiger partial charge in [-0.25, -0.2) is 13.2 Å². The van der Waals surface area contributed by atoms with Crippen molar-refractivity contribution >= 4 is 0 Å². The van der Waals surface area contributed by atoms with Gasteiger partial charge in [-0.1, -0.05) is 88.8 Å². The zero-order chi connectivity index (χ0) is 28.5. The van der Waals surface area contributed by atoms with Crippen LogP contribution in [0.25, 0.3) is 22.3 Å². The Hall–Kier alpha value is -2.86. The second-order valence-electron chi connectivity index (χ2n) is 10.8. The highest BCUT2D eigenvalue weighted by Gasteiger charge is 2.27. The number of ether oxygens (including phenoxy) is 2. The van der Waals surface area contributed by atoms with Crippen molar-refractivity contribution in [1.82, 2.24) is 0 Å². The molecule has 0 amide bonds. The van der Waals surface area contributed by atoms with Crippen LogP contribution >= 0.6 is 0 Å². The molecular formula is C34H40F4O2. The summed E-state index contributed by atoms with van der Waals surface area (Å²) in [5, 5.41) is 0. The first kappa shape index (κ1) is 30.1. The largest absolute Gasteiger partial charge is 0.490 e. The topological polar surface area (TPSA) is 18.5 Å². The molecule has 1 aliphatic rings. The predicted octanol–water partition coefficient (Wildman–Crippen LogP) is 10.6. The minimum absolute atomic E-state index is 0.0719. The highest BCUT2D eigenvalue weighted by Crippen LogP contribution is 2.37. The van der Waals surface area contributed by atoms with Gasteiger partial charge in [0.25, 0.3) is 0 Å². The van der Waals surface area contributed by atoms with Crippen molar-refractivity contribution in [3.05, 3.63) is 77.4 Å². The summed E-state index contributed by atoms with van der Waals surface area (Å²) in [5.74, 6) is -3.51. The van der Waals surface area contributed by atoms with Crippen LogP contribution in [-0.2, 0) is 4.74 Å². The first-order valence-corrected chi connectivity index (χ1v) is 14.8. The number of unbranched alkanes of at least 4 members (excludes halogenated alkanes) is 5. The van der Waals surface area contributed by atoms with Gasteiger partial charge in [0.2, 0.25) is 5.82 Å². The Bertz CT molecular complexity index is 1230. The zero-order valence-corrected chi connectivity index (χ0v) is 23.6. The molecule has 3 aromatic rings. The third-order valence-corrected chi connectivity index (χ3v) is 7.85. The number of hydrogen-bond donors (Lipinski definition) is 0. The summed E-state index contributed by atoms with van der Waals surface area (Å²) in [6, 6.07) is 12.3. The highest BCUT2D eigenvalue weighted by atomic mass is 19.2. The van der Waals surface area contributed by atoms with Crippen LogP contribution in [0.2, 0.25) is 0 Å². The fourth-order valence-corrected chi connectivity index (χ4v) is 5.37. The van der Waals surface area contributed by atoms with E-state index in [2.05, 4.69) is 6.92 Å². The van der Waals surface area contributed by atoms with Gasteiger partial charge in [-0.3, -0.25) is 0 Å². The van der Waals surface area contributed by atoms with Crippen LogP contribution < -0.4 is 4.74 Å². The van der Waals surface area contributed by atoms with Gasteiger partial charge < -0.3 is 9.47 Å². The fourth-order valence-electron chi connectivity index (χ4n) is 5.37. The lowest BCUT2D eigenvalue weighted by molar-refractivity contribution is -0.0218. The highest BCUT2D eigenvalue weighted by molar-refractivity contribution is 5.71. The summed E-state index contributed by atoms with van der Waals surface area (Å²) in [7, 11) is 0. The van der Waals surface area contributed by atoms with Gasteiger partial charge in [-0.2, -0.15) is 4.39 Å². The van der Waals surface area contributed by atoms with Crippen molar-refractivity contribution in [1.29, 1.82) is 0 Å². The lowest BCUT2D eigenvalue weighted by Crippen LogP contribution is -2.21. The van der Waals surface area contributed by atoms with E-state index < -0.39 is 29.4 Å². The molecule has 0 bridgehead atoms. The van der Waals surface area contributed by atoms with Gasteiger partial charge >= 0.3 is 0 Å². The molecule has 1 heterocycles. The normalized spacial score (nSPS) is 17.2. The molecule has 216 valence electrons. The van der Waals surface area contributed by atoms with Gasteiger partial charge in [0, 0.05) is 16.7 Å². The maximum Gasteiger partial charge on any atom is 0.201 e. The van der Waals surface area contributed by atoms with Crippen molar-refractivity contribution in [3.8, 4) is 28.0 Å². The molecule has 0 N–H and O–H groups in total. The molecule has 0 aromatic heterocycles. The SMILES string of the molecule is CCCCCCCC1CCC(c2ccc(-c3ccc(-c4ccc(OCCCC)c(F)c4F)cc3)c(F)c2F)OC1. The summed E-state index contributed by atoms with van der Waals surface area (Å²) in [6.07, 6.45) is 10.1. The van der Waals surface area contributed by atoms with Crippen LogP contribution in [0.3, 0.4) is 0 Å². The Kier molecular flexibility index (Phi) is 11.0. The minimum Gasteiger partial charge on any atom is -0.490 e. The number of rotatable bonds is 13. The maximum atomic E-state index is 15.2. The van der Waals surface area contributed by atoms with E-state index in [9.17, 15) is 8.78 Å². The molecule has 0 radical (unpaired) electrons. The molecule has 1 aliphatic heterocycles. The third-order valence-electron chi connectivity index (χ3n) is 7.85. The van der Waals surface area contributed by atoms with Crippen molar-refractivity contribution < 1.29 is 27.0 Å². The molecule has 6 heteroatoms. The molecule has 4 rings (SSSR count). The fraction of sp³-hybridized carbons (Fsp3) is 0.471. The maximum absolute atomic E-state index is 15.2. The Labute approximate surface area is 235 Å². The van der Waals surface area contributed by atoms with Crippen molar-refractivity contribution in [2.24, 2.45) is 5.92 Å². The van der Waals surface area contributed by atoms with Gasteiger partial charge in [-0.05, 0) is 54.9 Å². The standard InChI is InChI=1S/C34H40F4O2/c1-3-5-7-8-9-10-23-11-19-29(40-22-23)28-17-16-26(31(35)33(28)37)24-12-14-25(15-13-24)27-18-20-30(34(38)32(27)36)39-21-6-4-2/h12-18,20,23,29H,3-11,19,21-22H2,1-2H3. The van der Waals surface area contributed by atoms with E-state index in [0.29, 0.717) is 36.7 Å². The molecule has 0 spiro atoms. The van der Waals surface area contributed by atoms with Crippen LogP contribution in [0.5, 0.6) is 5.75 Å². The monoisotopic (exact) mass is 556 g/mol. The number of hydrogen-bond acceptors (Lipinski definition) is 2. The Balaban J connectivity index is 1.41. The average molecular weight is 557 g/mol. The summed E-state index contributed by atoms with van der Waals surface area (Å²) >= 11 is 0. The van der Waals surface area contributed by atoms with Gasteiger partial charge in [0.05, 0.1) is 19.3 Å². The second kappa shape index (κ2) is 14.7. The van der Waals surface area contributed by atoms with E-state index in [-0.39, 0.29) is 22.4 Å². The van der Waals surface area contributed by atoms with E-state index in [1.54, 1.807) is 36.4 Å². The summed E-state index contributed by atoms with van der Waals surface area (Å²) < 4.78 is 71.0. The smallest absolute Gasteiger partial charge is 0.201 e. The van der Waals surface area contributed by atoms with Gasteiger partial charge in [-0.15, -0.1) is 0 Å². The van der Waals surface area contributed by atoms with Gasteiger partial charge in [0.15, 0.2) is 23.2 Å². The van der Waals surface area contributed by atoms with E-state index in [1.807, 2.05) is 6.92 Å². The van der Waals surface area contributed by atoms with E-state index in [1.165, 1.54) is 44.2 Å². The summed E-state index contributed by atoms with van der Waals surface area (Å²) in [4.78, 5) is 0. The van der Waals surface area contributed by atoms with Crippen LogP contribution in [0, 0.1) is 29.2 Å². The number of halogens is 4. The van der Waals surface area contributed by atoms with Crippen molar-refractivity contribution in [3.63, 3.8) is 0 Å². The number of benzene rings is 3. The zero-order valence-electron chi connectivity index (χ0n) is 23.6. The Morgan fingerprint density at radius 1 is 0.675 bits per heavy atom. The van der Waals surface area contributed by atoms with Crippen LogP contribution in [0.1, 0.15) is 89.7 Å². The second-order valence-corrected chi connectivity index (χ2v) is 10.8. The minimum atomic E-state index is -1.04. The lowest BCUT2D eigenvalue weighted by Gasteiger charge is -2.30. The Morgan fingerprint density at radius 3 is 1.93 bits per heavy atom. The van der Waals surface area contributed by atoms with Crippen LogP contribution in [0.15, 0.2) is 48.5 Å². The molecule has 0 aliphatic carbocycles. The molecule has 2 nitrogen and oxygen atoms in total. The molecule has 3 aromatic carbocycles. The average Bonchev–Trinajstić information content (AvgIpc) is 2.97. The summed E-state index contributed by atoms with van der Waals surface area (Å²) in [5.41, 5.74) is 1.30. The molecule has 2 atom stereocenters. The molecule has 40 heavy (non-hydrogen) atoms. The van der Waals surface area contributed by atoms with E-state index in [4.69, 9.17) is 9.47 Å². The Morgan fingerprint density at radius 2 is 1.30 bits per heavy atom. The molecule has 1 fully saturated rings. The molecule has 0 saturated carbocycles. The van der Waals surface area contributed by atoms with Crippen LogP contribution in [-0.4, -0.2) is 13.2 Å². The first-order valence-electron chi connectivity index (χ1n) is 14.8.